The summed E-state index contributed by atoms with van der Waals surface area (Å²) in [5.74, 6) is 2.64. The van der Waals surface area contributed by atoms with Crippen molar-refractivity contribution in [1.29, 1.82) is 0 Å². The number of hydrogen-bond donors (Lipinski definition) is 1. The predicted octanol–water partition coefficient (Wildman–Crippen LogP) is 2.55. The number of nitrogens with two attached hydrogens (primary N) is 1. The molecule has 1 heteroatoms. The quantitative estimate of drug-likeness (QED) is 0.638. The molecule has 2 aliphatic rings. The largest absolute Gasteiger partial charge is 0.325 e. The molecule has 0 aliphatic heterocycles. The van der Waals surface area contributed by atoms with Crippen LogP contribution in [0.3, 0.4) is 0 Å². The molecule has 0 aromatic carbocycles. The first-order valence-electron chi connectivity index (χ1n) is 5.41. The van der Waals surface area contributed by atoms with Crippen LogP contribution in [0.2, 0.25) is 0 Å². The molecule has 0 aromatic rings. The average molecular weight is 167 g/mol. The van der Waals surface area contributed by atoms with Crippen molar-refractivity contribution >= 4 is 0 Å². The summed E-state index contributed by atoms with van der Waals surface area (Å²) in [5.41, 5.74) is 6.66. The summed E-state index contributed by atoms with van der Waals surface area (Å²) in [6.07, 6.45) is 6.71. The van der Waals surface area contributed by atoms with Crippen molar-refractivity contribution in [2.24, 2.45) is 23.5 Å². The van der Waals surface area contributed by atoms with Crippen molar-refractivity contribution in [3.63, 3.8) is 0 Å². The van der Waals surface area contributed by atoms with Crippen LogP contribution in [0.15, 0.2) is 0 Å². The minimum absolute atomic E-state index is 0.242. The highest BCUT2D eigenvalue weighted by Crippen LogP contribution is 2.48. The summed E-state index contributed by atoms with van der Waals surface area (Å²) in [6.45, 7) is 4.74. The highest BCUT2D eigenvalue weighted by atomic mass is 14.8. The summed E-state index contributed by atoms with van der Waals surface area (Å²) >= 11 is 0. The summed E-state index contributed by atoms with van der Waals surface area (Å²) in [5, 5.41) is 0. The molecule has 0 spiro atoms. The third kappa shape index (κ3) is 1.39. The van der Waals surface area contributed by atoms with E-state index in [-0.39, 0.29) is 5.54 Å². The lowest BCUT2D eigenvalue weighted by Crippen LogP contribution is -2.47. The topological polar surface area (TPSA) is 26.0 Å². The summed E-state index contributed by atoms with van der Waals surface area (Å²) in [7, 11) is 0. The third-order valence-electron chi connectivity index (χ3n) is 4.13. The van der Waals surface area contributed by atoms with Gasteiger partial charge in [-0.2, -0.15) is 0 Å². The van der Waals surface area contributed by atoms with E-state index in [0.717, 1.165) is 17.8 Å². The van der Waals surface area contributed by atoms with Crippen LogP contribution in [0, 0.1) is 17.8 Å². The second-order valence-corrected chi connectivity index (χ2v) is 5.20. The van der Waals surface area contributed by atoms with Gasteiger partial charge in [0, 0.05) is 5.54 Å². The predicted molar refractivity (Wildman–Crippen MR) is 51.8 cm³/mol. The van der Waals surface area contributed by atoms with Gasteiger partial charge in [0.15, 0.2) is 0 Å². The van der Waals surface area contributed by atoms with E-state index in [1.54, 1.807) is 0 Å². The van der Waals surface area contributed by atoms with Crippen molar-refractivity contribution in [2.45, 2.75) is 51.5 Å². The Morgan fingerprint density at radius 1 is 1.08 bits per heavy atom. The summed E-state index contributed by atoms with van der Waals surface area (Å²) < 4.78 is 0. The molecule has 3 unspecified atom stereocenters. The van der Waals surface area contributed by atoms with Crippen LogP contribution in [0.25, 0.3) is 0 Å². The molecule has 0 bridgehead atoms. The van der Waals surface area contributed by atoms with Gasteiger partial charge in [0.1, 0.15) is 0 Å². The Kier molecular flexibility index (Phi) is 1.95. The molecule has 0 saturated heterocycles. The SMILES string of the molecule is CC1CCC(N)(C2CC2)CC1C. The lowest BCUT2D eigenvalue weighted by atomic mass is 9.69. The van der Waals surface area contributed by atoms with Crippen molar-refractivity contribution in [1.82, 2.24) is 0 Å². The van der Waals surface area contributed by atoms with Gasteiger partial charge in [-0.25, -0.2) is 0 Å². The zero-order valence-electron chi connectivity index (χ0n) is 8.34. The maximum absolute atomic E-state index is 6.42. The first-order valence-corrected chi connectivity index (χ1v) is 5.41. The van der Waals surface area contributed by atoms with E-state index in [1.807, 2.05) is 0 Å². The normalized spacial score (nSPS) is 49.2. The average Bonchev–Trinajstić information content (AvgIpc) is 2.79. The van der Waals surface area contributed by atoms with E-state index in [9.17, 15) is 0 Å². The first-order chi connectivity index (χ1) is 5.62. The summed E-state index contributed by atoms with van der Waals surface area (Å²) in [6, 6.07) is 0. The van der Waals surface area contributed by atoms with E-state index >= 15 is 0 Å². The fraction of sp³-hybridized carbons (Fsp3) is 1.00. The lowest BCUT2D eigenvalue weighted by Gasteiger charge is -2.40. The highest BCUT2D eigenvalue weighted by Gasteiger charge is 2.45. The van der Waals surface area contributed by atoms with Gasteiger partial charge in [0.05, 0.1) is 0 Å². The van der Waals surface area contributed by atoms with E-state index in [2.05, 4.69) is 13.8 Å². The van der Waals surface area contributed by atoms with Crippen LogP contribution >= 0.6 is 0 Å². The van der Waals surface area contributed by atoms with Gasteiger partial charge in [-0.1, -0.05) is 13.8 Å². The van der Waals surface area contributed by atoms with E-state index < -0.39 is 0 Å². The Morgan fingerprint density at radius 2 is 1.75 bits per heavy atom. The zero-order valence-corrected chi connectivity index (χ0v) is 8.34. The number of hydrogen-bond acceptors (Lipinski definition) is 1. The first kappa shape index (κ1) is 8.55. The van der Waals surface area contributed by atoms with Gasteiger partial charge < -0.3 is 5.73 Å². The molecule has 2 aliphatic carbocycles. The molecule has 2 fully saturated rings. The Morgan fingerprint density at radius 3 is 2.25 bits per heavy atom. The lowest BCUT2D eigenvalue weighted by molar-refractivity contribution is 0.157. The molecule has 70 valence electrons. The van der Waals surface area contributed by atoms with Crippen LogP contribution in [0.5, 0.6) is 0 Å². The second-order valence-electron chi connectivity index (χ2n) is 5.20. The minimum Gasteiger partial charge on any atom is -0.325 e. The van der Waals surface area contributed by atoms with E-state index in [4.69, 9.17) is 5.73 Å². The molecule has 0 heterocycles. The van der Waals surface area contributed by atoms with Crippen molar-refractivity contribution in [3.8, 4) is 0 Å². The molecule has 3 atom stereocenters. The second kappa shape index (κ2) is 2.73. The van der Waals surface area contributed by atoms with Crippen LogP contribution in [0.4, 0.5) is 0 Å². The minimum atomic E-state index is 0.242. The number of rotatable bonds is 1. The van der Waals surface area contributed by atoms with Gasteiger partial charge in [-0.15, -0.1) is 0 Å². The molecule has 12 heavy (non-hydrogen) atoms. The summed E-state index contributed by atoms with van der Waals surface area (Å²) in [4.78, 5) is 0. The molecule has 1 nitrogen and oxygen atoms in total. The maximum Gasteiger partial charge on any atom is 0.0185 e. The van der Waals surface area contributed by atoms with Crippen LogP contribution in [-0.2, 0) is 0 Å². The molecule has 2 N–H and O–H groups in total. The fourth-order valence-corrected chi connectivity index (χ4v) is 2.71. The third-order valence-corrected chi connectivity index (χ3v) is 4.13. The highest BCUT2D eigenvalue weighted by molar-refractivity contribution is 5.02. The van der Waals surface area contributed by atoms with Gasteiger partial charge in [0.2, 0.25) is 0 Å². The molecular formula is C11H21N. The van der Waals surface area contributed by atoms with Gasteiger partial charge in [-0.3, -0.25) is 0 Å². The Hall–Kier alpha value is -0.0400. The monoisotopic (exact) mass is 167 g/mol. The Labute approximate surface area is 75.7 Å². The fourth-order valence-electron chi connectivity index (χ4n) is 2.71. The zero-order chi connectivity index (χ0) is 8.77. The Bertz CT molecular complexity index is 174. The molecule has 2 rings (SSSR count). The molecule has 0 radical (unpaired) electrons. The van der Waals surface area contributed by atoms with Crippen molar-refractivity contribution in [2.75, 3.05) is 0 Å². The molecule has 2 saturated carbocycles. The van der Waals surface area contributed by atoms with Gasteiger partial charge in [0.25, 0.3) is 0 Å². The smallest absolute Gasteiger partial charge is 0.0185 e. The van der Waals surface area contributed by atoms with E-state index in [0.29, 0.717) is 0 Å². The van der Waals surface area contributed by atoms with Gasteiger partial charge in [-0.05, 0) is 49.9 Å². The Balaban J connectivity index is 2.00. The standard InChI is InChI=1S/C11H21N/c1-8-5-6-11(12,7-9(8)2)10-3-4-10/h8-10H,3-7,12H2,1-2H3. The van der Waals surface area contributed by atoms with Crippen LogP contribution in [0.1, 0.15) is 46.0 Å². The van der Waals surface area contributed by atoms with Gasteiger partial charge >= 0.3 is 0 Å². The molecular weight excluding hydrogens is 146 g/mol. The van der Waals surface area contributed by atoms with Crippen molar-refractivity contribution in [3.05, 3.63) is 0 Å². The molecule has 0 aromatic heterocycles. The van der Waals surface area contributed by atoms with Crippen molar-refractivity contribution < 1.29 is 0 Å². The molecule has 0 amide bonds. The van der Waals surface area contributed by atoms with E-state index in [1.165, 1.54) is 32.1 Å². The maximum atomic E-state index is 6.42. The van der Waals surface area contributed by atoms with Crippen LogP contribution in [-0.4, -0.2) is 5.54 Å². The van der Waals surface area contributed by atoms with Crippen LogP contribution < -0.4 is 5.73 Å².